The van der Waals surface area contributed by atoms with E-state index >= 15 is 0 Å². The third-order valence-corrected chi connectivity index (χ3v) is 4.42. The van der Waals surface area contributed by atoms with E-state index in [2.05, 4.69) is 22.4 Å². The van der Waals surface area contributed by atoms with Gasteiger partial charge in [0.2, 0.25) is 5.78 Å². The van der Waals surface area contributed by atoms with Gasteiger partial charge in [0, 0.05) is 18.0 Å². The predicted octanol–water partition coefficient (Wildman–Crippen LogP) is 3.29. The molecular formula is C15H16N2OS. The average molecular weight is 272 g/mol. The summed E-state index contributed by atoms with van der Waals surface area (Å²) in [7, 11) is 1.81. The van der Waals surface area contributed by atoms with Crippen molar-refractivity contribution in [3.8, 4) is 0 Å². The quantitative estimate of drug-likeness (QED) is 0.872. The van der Waals surface area contributed by atoms with E-state index in [1.54, 1.807) is 0 Å². The molecule has 19 heavy (non-hydrogen) atoms. The van der Waals surface area contributed by atoms with E-state index < -0.39 is 0 Å². The minimum Gasteiger partial charge on any atom is -0.365 e. The molecule has 4 heteroatoms. The average Bonchev–Trinajstić information content (AvgIpc) is 2.95. The summed E-state index contributed by atoms with van der Waals surface area (Å²) in [6, 6.07) is 6.09. The maximum absolute atomic E-state index is 12.4. The molecule has 1 N–H and O–H groups in total. The van der Waals surface area contributed by atoms with Gasteiger partial charge in [-0.2, -0.15) is 0 Å². The lowest BCUT2D eigenvalue weighted by Crippen LogP contribution is -2.07. The molecule has 2 aromatic rings. The number of rotatable bonds is 3. The van der Waals surface area contributed by atoms with Gasteiger partial charge in [0.05, 0.1) is 0 Å². The fourth-order valence-corrected chi connectivity index (χ4v) is 3.17. The van der Waals surface area contributed by atoms with Gasteiger partial charge in [0.15, 0.2) is 5.13 Å². The first-order valence-corrected chi connectivity index (χ1v) is 7.45. The molecule has 3 nitrogen and oxygen atoms in total. The van der Waals surface area contributed by atoms with E-state index in [1.807, 2.05) is 18.5 Å². The zero-order chi connectivity index (χ0) is 13.2. The summed E-state index contributed by atoms with van der Waals surface area (Å²) in [5.41, 5.74) is 4.02. The summed E-state index contributed by atoms with van der Waals surface area (Å²) in [4.78, 5) is 16.7. The van der Waals surface area contributed by atoms with Crippen molar-refractivity contribution in [3.05, 3.63) is 46.0 Å². The Balaban J connectivity index is 1.91. The Labute approximate surface area is 116 Å². The summed E-state index contributed by atoms with van der Waals surface area (Å²) in [5, 5.41) is 5.55. The minimum atomic E-state index is 0.0196. The first-order valence-electron chi connectivity index (χ1n) is 6.57. The number of nitrogens with zero attached hydrogens (tertiary/aromatic N) is 1. The van der Waals surface area contributed by atoms with Crippen LogP contribution in [0.4, 0.5) is 5.13 Å². The van der Waals surface area contributed by atoms with Crippen molar-refractivity contribution in [2.75, 3.05) is 12.4 Å². The Morgan fingerprint density at radius 2 is 2.05 bits per heavy atom. The molecule has 3 rings (SSSR count). The Kier molecular flexibility index (Phi) is 3.34. The second-order valence-corrected chi connectivity index (χ2v) is 5.67. The molecule has 0 bridgehead atoms. The Morgan fingerprint density at radius 1 is 1.26 bits per heavy atom. The molecule has 1 aromatic heterocycles. The molecule has 0 atom stereocenters. The number of carbonyl (C=O) groups excluding carboxylic acids is 1. The summed E-state index contributed by atoms with van der Waals surface area (Å²) in [5.74, 6) is 0.0196. The summed E-state index contributed by atoms with van der Waals surface area (Å²) >= 11 is 1.46. The van der Waals surface area contributed by atoms with Crippen molar-refractivity contribution in [3.63, 3.8) is 0 Å². The lowest BCUT2D eigenvalue weighted by Gasteiger charge is -2.15. The van der Waals surface area contributed by atoms with Crippen LogP contribution in [-0.2, 0) is 12.8 Å². The molecular weight excluding hydrogens is 256 g/mol. The zero-order valence-corrected chi connectivity index (χ0v) is 11.7. The molecule has 0 saturated heterocycles. The first kappa shape index (κ1) is 12.4. The lowest BCUT2D eigenvalue weighted by molar-refractivity contribution is 0.103. The van der Waals surface area contributed by atoms with Gasteiger partial charge in [-0.3, -0.25) is 4.79 Å². The normalized spacial score (nSPS) is 13.9. The van der Waals surface area contributed by atoms with Crippen LogP contribution in [0.2, 0.25) is 0 Å². The van der Waals surface area contributed by atoms with Gasteiger partial charge in [0.25, 0.3) is 0 Å². The van der Waals surface area contributed by atoms with Gasteiger partial charge in [-0.25, -0.2) is 4.98 Å². The number of fused-ring (bicyclic) bond motifs is 1. The maximum atomic E-state index is 12.4. The number of thiazole rings is 1. The van der Waals surface area contributed by atoms with Gasteiger partial charge in [-0.05, 0) is 42.9 Å². The van der Waals surface area contributed by atoms with Crippen LogP contribution in [0.25, 0.3) is 0 Å². The molecule has 0 spiro atoms. The topological polar surface area (TPSA) is 42.0 Å². The van der Waals surface area contributed by atoms with Crippen LogP contribution in [0.1, 0.15) is 40.0 Å². The highest BCUT2D eigenvalue weighted by Crippen LogP contribution is 2.24. The number of aryl methyl sites for hydroxylation is 2. The Bertz CT molecular complexity index is 618. The van der Waals surface area contributed by atoms with E-state index in [4.69, 9.17) is 0 Å². The van der Waals surface area contributed by atoms with Crippen LogP contribution >= 0.6 is 11.3 Å². The van der Waals surface area contributed by atoms with Crippen LogP contribution in [-0.4, -0.2) is 17.8 Å². The molecule has 1 aromatic carbocycles. The fourth-order valence-electron chi connectivity index (χ4n) is 2.52. The van der Waals surface area contributed by atoms with Crippen LogP contribution < -0.4 is 5.32 Å². The highest BCUT2D eigenvalue weighted by Gasteiger charge is 2.16. The largest absolute Gasteiger partial charge is 0.365 e. The number of hydrogen-bond acceptors (Lipinski definition) is 4. The summed E-state index contributed by atoms with van der Waals surface area (Å²) in [6.45, 7) is 0. The minimum absolute atomic E-state index is 0.0196. The molecule has 1 heterocycles. The Hall–Kier alpha value is -1.68. The highest BCUT2D eigenvalue weighted by molar-refractivity contribution is 7.13. The Morgan fingerprint density at radius 3 is 2.79 bits per heavy atom. The zero-order valence-electron chi connectivity index (χ0n) is 10.9. The third-order valence-electron chi connectivity index (χ3n) is 3.56. The maximum Gasteiger partial charge on any atom is 0.212 e. The van der Waals surface area contributed by atoms with E-state index in [0.717, 1.165) is 23.5 Å². The number of carbonyl (C=O) groups is 1. The predicted molar refractivity (Wildman–Crippen MR) is 78.2 cm³/mol. The standard InChI is InChI=1S/C15H16N2OS/c1-16-15-17-13(9-19-15)14(18)12-7-6-10-4-2-3-5-11(10)8-12/h6-9H,2-5H2,1H3,(H,16,17). The summed E-state index contributed by atoms with van der Waals surface area (Å²) in [6.07, 6.45) is 4.73. The molecule has 98 valence electrons. The smallest absolute Gasteiger partial charge is 0.212 e. The molecule has 0 fully saturated rings. The van der Waals surface area contributed by atoms with E-state index in [9.17, 15) is 4.79 Å². The van der Waals surface area contributed by atoms with Crippen molar-refractivity contribution < 1.29 is 4.79 Å². The number of anilines is 1. The van der Waals surface area contributed by atoms with E-state index in [-0.39, 0.29) is 5.78 Å². The molecule has 0 unspecified atom stereocenters. The number of nitrogens with one attached hydrogen (secondary N) is 1. The number of hydrogen-bond donors (Lipinski definition) is 1. The van der Waals surface area contributed by atoms with Crippen molar-refractivity contribution in [1.29, 1.82) is 0 Å². The number of aromatic nitrogens is 1. The van der Waals surface area contributed by atoms with Gasteiger partial charge < -0.3 is 5.32 Å². The number of benzene rings is 1. The van der Waals surface area contributed by atoms with Crippen molar-refractivity contribution in [2.45, 2.75) is 25.7 Å². The van der Waals surface area contributed by atoms with Crippen LogP contribution in [0.5, 0.6) is 0 Å². The molecule has 1 aliphatic rings. The molecule has 1 aliphatic carbocycles. The highest BCUT2D eigenvalue weighted by atomic mass is 32.1. The van der Waals surface area contributed by atoms with E-state index in [1.165, 1.54) is 35.3 Å². The monoisotopic (exact) mass is 272 g/mol. The van der Waals surface area contributed by atoms with Gasteiger partial charge >= 0.3 is 0 Å². The molecule has 0 saturated carbocycles. The number of ketones is 1. The van der Waals surface area contributed by atoms with Crippen molar-refractivity contribution >= 4 is 22.3 Å². The molecule has 0 radical (unpaired) electrons. The SMILES string of the molecule is CNc1nc(C(=O)c2ccc3c(c2)CCCC3)cs1. The van der Waals surface area contributed by atoms with E-state index in [0.29, 0.717) is 5.69 Å². The first-order chi connectivity index (χ1) is 9.28. The van der Waals surface area contributed by atoms with Crippen LogP contribution in [0.3, 0.4) is 0 Å². The van der Waals surface area contributed by atoms with Crippen LogP contribution in [0, 0.1) is 0 Å². The summed E-state index contributed by atoms with van der Waals surface area (Å²) < 4.78 is 0. The van der Waals surface area contributed by atoms with Crippen molar-refractivity contribution in [1.82, 2.24) is 4.98 Å². The van der Waals surface area contributed by atoms with Gasteiger partial charge in [0.1, 0.15) is 5.69 Å². The molecule has 0 aliphatic heterocycles. The lowest BCUT2D eigenvalue weighted by atomic mass is 9.89. The van der Waals surface area contributed by atoms with Gasteiger partial charge in [-0.15, -0.1) is 11.3 Å². The second kappa shape index (κ2) is 5.13. The van der Waals surface area contributed by atoms with Gasteiger partial charge in [-0.1, -0.05) is 12.1 Å². The second-order valence-electron chi connectivity index (χ2n) is 4.81. The third kappa shape index (κ3) is 2.40. The molecule has 0 amide bonds. The fraction of sp³-hybridized carbons (Fsp3) is 0.333. The van der Waals surface area contributed by atoms with Crippen molar-refractivity contribution in [2.24, 2.45) is 0 Å². The van der Waals surface area contributed by atoms with Crippen LogP contribution in [0.15, 0.2) is 23.6 Å².